The zero-order valence-electron chi connectivity index (χ0n) is 12.9. The summed E-state index contributed by atoms with van der Waals surface area (Å²) in [6, 6.07) is 11.0. The molecule has 0 unspecified atom stereocenters. The van der Waals surface area contributed by atoms with Crippen LogP contribution in [0.25, 0.3) is 16.9 Å². The van der Waals surface area contributed by atoms with Crippen LogP contribution in [0.4, 0.5) is 0 Å². The van der Waals surface area contributed by atoms with Crippen molar-refractivity contribution in [3.8, 4) is 11.3 Å². The number of hydrogen-bond acceptors (Lipinski definition) is 3. The molecule has 3 aromatic rings. The van der Waals surface area contributed by atoms with Crippen molar-refractivity contribution in [2.24, 2.45) is 0 Å². The predicted octanol–water partition coefficient (Wildman–Crippen LogP) is 3.79. The molecule has 1 amide bonds. The van der Waals surface area contributed by atoms with Gasteiger partial charge in [-0.3, -0.25) is 9.20 Å². The maximum absolute atomic E-state index is 12.4. The van der Waals surface area contributed by atoms with Crippen molar-refractivity contribution < 1.29 is 9.53 Å². The van der Waals surface area contributed by atoms with E-state index in [0.29, 0.717) is 29.4 Å². The van der Waals surface area contributed by atoms with Gasteiger partial charge in [0, 0.05) is 30.4 Å². The summed E-state index contributed by atoms with van der Waals surface area (Å²) < 4.78 is 7.58. The summed E-state index contributed by atoms with van der Waals surface area (Å²) in [7, 11) is 1.59. The summed E-state index contributed by atoms with van der Waals surface area (Å²) >= 11 is 9.51. The number of carbonyl (C=O) groups excluding carboxylic acids is 1. The van der Waals surface area contributed by atoms with E-state index < -0.39 is 0 Å². The molecule has 2 heterocycles. The summed E-state index contributed by atoms with van der Waals surface area (Å²) in [5.41, 5.74) is 2.77. The maximum atomic E-state index is 12.4. The Labute approximate surface area is 152 Å². The van der Waals surface area contributed by atoms with Crippen molar-refractivity contribution in [2.75, 3.05) is 20.3 Å². The fourth-order valence-electron chi connectivity index (χ4n) is 2.37. The molecule has 2 aromatic heterocycles. The quantitative estimate of drug-likeness (QED) is 0.654. The van der Waals surface area contributed by atoms with Crippen LogP contribution in [0.3, 0.4) is 0 Å². The number of amides is 1. The van der Waals surface area contributed by atoms with Crippen molar-refractivity contribution >= 4 is 39.1 Å². The monoisotopic (exact) mass is 407 g/mol. The standard InChI is InChI=1S/C17H15BrClN3O2/c1-24-10-8-20-17(23)13-3-2-9-22-15(18)14(21-16(13)22)11-4-6-12(19)7-5-11/h2-7,9H,8,10H2,1H3,(H,20,23). The van der Waals surface area contributed by atoms with Gasteiger partial charge in [-0.2, -0.15) is 0 Å². The minimum absolute atomic E-state index is 0.183. The van der Waals surface area contributed by atoms with Crippen LogP contribution in [-0.4, -0.2) is 35.6 Å². The lowest BCUT2D eigenvalue weighted by atomic mass is 10.2. The number of hydrogen-bond donors (Lipinski definition) is 1. The molecular weight excluding hydrogens is 394 g/mol. The number of rotatable bonds is 5. The van der Waals surface area contributed by atoms with E-state index >= 15 is 0 Å². The fraction of sp³-hybridized carbons (Fsp3) is 0.176. The zero-order valence-corrected chi connectivity index (χ0v) is 15.3. The predicted molar refractivity (Wildman–Crippen MR) is 97.5 cm³/mol. The summed E-state index contributed by atoms with van der Waals surface area (Å²) in [6.45, 7) is 0.908. The van der Waals surface area contributed by atoms with E-state index in [2.05, 4.69) is 26.2 Å². The van der Waals surface area contributed by atoms with Gasteiger partial charge < -0.3 is 10.1 Å². The highest BCUT2D eigenvalue weighted by Gasteiger charge is 2.17. The third-order valence-electron chi connectivity index (χ3n) is 3.55. The number of nitrogens with zero attached hydrogens (tertiary/aromatic N) is 2. The Morgan fingerprint density at radius 1 is 1.33 bits per heavy atom. The number of aromatic nitrogens is 2. The van der Waals surface area contributed by atoms with Crippen LogP contribution >= 0.6 is 27.5 Å². The fourth-order valence-corrected chi connectivity index (χ4v) is 3.10. The molecule has 3 rings (SSSR count). The summed E-state index contributed by atoms with van der Waals surface area (Å²) in [5.74, 6) is -0.183. The van der Waals surface area contributed by atoms with E-state index in [0.717, 1.165) is 15.9 Å². The normalized spacial score (nSPS) is 11.0. The molecule has 0 fully saturated rings. The first kappa shape index (κ1) is 17.0. The molecule has 0 saturated carbocycles. The number of imidazole rings is 1. The lowest BCUT2D eigenvalue weighted by Gasteiger charge is -2.05. The second-order valence-corrected chi connectivity index (χ2v) is 6.31. The molecular formula is C17H15BrClN3O2. The molecule has 0 saturated heterocycles. The maximum Gasteiger partial charge on any atom is 0.255 e. The van der Waals surface area contributed by atoms with Crippen molar-refractivity contribution in [2.45, 2.75) is 0 Å². The SMILES string of the molecule is COCCNC(=O)c1cccn2c(Br)c(-c3ccc(Cl)cc3)nc12. The highest BCUT2D eigenvalue weighted by molar-refractivity contribution is 9.10. The molecule has 24 heavy (non-hydrogen) atoms. The van der Waals surface area contributed by atoms with Gasteiger partial charge >= 0.3 is 0 Å². The summed E-state index contributed by atoms with van der Waals surface area (Å²) in [6.07, 6.45) is 1.86. The van der Waals surface area contributed by atoms with E-state index in [1.165, 1.54) is 0 Å². The van der Waals surface area contributed by atoms with Crippen molar-refractivity contribution in [1.82, 2.24) is 14.7 Å². The molecule has 0 bridgehead atoms. The molecule has 1 N–H and O–H groups in total. The van der Waals surface area contributed by atoms with Gasteiger partial charge in [-0.25, -0.2) is 4.98 Å². The Morgan fingerprint density at radius 2 is 2.08 bits per heavy atom. The molecule has 0 atom stereocenters. The average molecular weight is 409 g/mol. The summed E-state index contributed by atoms with van der Waals surface area (Å²) in [4.78, 5) is 17.0. The first-order valence-electron chi connectivity index (χ1n) is 7.31. The van der Waals surface area contributed by atoms with Crippen LogP contribution in [0.2, 0.25) is 5.02 Å². The van der Waals surface area contributed by atoms with Crippen LogP contribution in [0.1, 0.15) is 10.4 Å². The number of ether oxygens (including phenoxy) is 1. The second-order valence-electron chi connectivity index (χ2n) is 5.12. The highest BCUT2D eigenvalue weighted by Crippen LogP contribution is 2.30. The van der Waals surface area contributed by atoms with E-state index in [4.69, 9.17) is 16.3 Å². The molecule has 7 heteroatoms. The van der Waals surface area contributed by atoms with E-state index in [1.54, 1.807) is 13.2 Å². The molecule has 0 radical (unpaired) electrons. The zero-order chi connectivity index (χ0) is 17.1. The minimum atomic E-state index is -0.183. The molecule has 0 aliphatic heterocycles. The topological polar surface area (TPSA) is 55.6 Å². The Hall–Kier alpha value is -1.89. The number of halogens is 2. The van der Waals surface area contributed by atoms with Crippen LogP contribution in [0, 0.1) is 0 Å². The third-order valence-corrected chi connectivity index (χ3v) is 4.56. The van der Waals surface area contributed by atoms with E-state index in [9.17, 15) is 4.79 Å². The minimum Gasteiger partial charge on any atom is -0.383 e. The third kappa shape index (κ3) is 3.31. The number of nitrogens with one attached hydrogen (secondary N) is 1. The number of pyridine rings is 1. The number of methoxy groups -OCH3 is 1. The van der Waals surface area contributed by atoms with Gasteiger partial charge in [0.25, 0.3) is 5.91 Å². The van der Waals surface area contributed by atoms with Crippen molar-refractivity contribution in [3.05, 3.63) is 57.8 Å². The lowest BCUT2D eigenvalue weighted by Crippen LogP contribution is -2.27. The Balaban J connectivity index is 2.03. The Kier molecular flexibility index (Phi) is 5.18. The van der Waals surface area contributed by atoms with Crippen LogP contribution in [-0.2, 0) is 4.74 Å². The lowest BCUT2D eigenvalue weighted by molar-refractivity contribution is 0.0938. The van der Waals surface area contributed by atoms with Gasteiger partial charge in [0.2, 0.25) is 0 Å². The van der Waals surface area contributed by atoms with Crippen molar-refractivity contribution in [1.29, 1.82) is 0 Å². The molecule has 0 aliphatic carbocycles. The van der Waals surface area contributed by atoms with E-state index in [-0.39, 0.29) is 5.91 Å². The van der Waals surface area contributed by atoms with Crippen LogP contribution in [0.5, 0.6) is 0 Å². The average Bonchev–Trinajstić information content (AvgIpc) is 2.93. The Morgan fingerprint density at radius 3 is 2.79 bits per heavy atom. The van der Waals surface area contributed by atoms with Gasteiger partial charge in [0.05, 0.1) is 12.2 Å². The van der Waals surface area contributed by atoms with E-state index in [1.807, 2.05) is 40.9 Å². The molecule has 0 aliphatic rings. The second kappa shape index (κ2) is 7.34. The Bertz CT molecular complexity index is 877. The molecule has 1 aromatic carbocycles. The number of benzene rings is 1. The summed E-state index contributed by atoms with van der Waals surface area (Å²) in [5, 5.41) is 3.48. The van der Waals surface area contributed by atoms with Crippen LogP contribution in [0.15, 0.2) is 47.2 Å². The van der Waals surface area contributed by atoms with Gasteiger partial charge in [-0.1, -0.05) is 23.7 Å². The van der Waals surface area contributed by atoms with Gasteiger partial charge in [0.15, 0.2) is 5.65 Å². The van der Waals surface area contributed by atoms with Gasteiger partial charge in [0.1, 0.15) is 10.3 Å². The highest BCUT2D eigenvalue weighted by atomic mass is 79.9. The largest absolute Gasteiger partial charge is 0.383 e. The first-order valence-corrected chi connectivity index (χ1v) is 8.48. The molecule has 124 valence electrons. The van der Waals surface area contributed by atoms with Crippen molar-refractivity contribution in [3.63, 3.8) is 0 Å². The van der Waals surface area contributed by atoms with Crippen LogP contribution < -0.4 is 5.32 Å². The molecule has 0 spiro atoms. The first-order chi connectivity index (χ1) is 11.6. The van der Waals surface area contributed by atoms with Gasteiger partial charge in [-0.05, 0) is 40.2 Å². The molecule has 5 nitrogen and oxygen atoms in total. The smallest absolute Gasteiger partial charge is 0.255 e. The van der Waals surface area contributed by atoms with Gasteiger partial charge in [-0.15, -0.1) is 0 Å². The number of fused-ring (bicyclic) bond motifs is 1. The number of carbonyl (C=O) groups is 1.